The van der Waals surface area contributed by atoms with Crippen LogP contribution in [0.15, 0.2) is 53.9 Å². The van der Waals surface area contributed by atoms with Crippen molar-refractivity contribution in [3.05, 3.63) is 69.6 Å². The minimum absolute atomic E-state index is 0.0132. The molecule has 0 fully saturated rings. The summed E-state index contributed by atoms with van der Waals surface area (Å²) >= 11 is 1.36. The molecule has 3 aromatic rings. The molecule has 2 N–H and O–H groups in total. The van der Waals surface area contributed by atoms with E-state index in [0.29, 0.717) is 22.1 Å². The first-order valence-electron chi connectivity index (χ1n) is 6.83. The van der Waals surface area contributed by atoms with Gasteiger partial charge >= 0.3 is 5.97 Å². The average Bonchev–Trinajstić information content (AvgIpc) is 3.04. The fraction of sp³-hybridized carbons (Fsp3) is 0. The van der Waals surface area contributed by atoms with Crippen molar-refractivity contribution in [1.29, 1.82) is 0 Å². The summed E-state index contributed by atoms with van der Waals surface area (Å²) < 4.78 is 0. The summed E-state index contributed by atoms with van der Waals surface area (Å²) in [5, 5.41) is 25.2. The molecular formula is C16H11N3O4S. The monoisotopic (exact) mass is 341 g/mol. The van der Waals surface area contributed by atoms with E-state index in [0.717, 1.165) is 0 Å². The van der Waals surface area contributed by atoms with Gasteiger partial charge in [-0.2, -0.15) is 0 Å². The summed E-state index contributed by atoms with van der Waals surface area (Å²) in [6, 6.07) is 12.6. The van der Waals surface area contributed by atoms with Crippen LogP contribution in [0.4, 0.5) is 16.5 Å². The number of carboxylic acid groups (broad SMARTS) is 1. The number of hydrogen-bond donors (Lipinski definition) is 2. The predicted octanol–water partition coefficient (Wildman–Crippen LogP) is 4.16. The standard InChI is InChI=1S/C16H11N3O4S/c20-15(21)10-4-6-12(7-5-10)17-16-18-14(9-24-16)11-2-1-3-13(8-11)19(22)23/h1-9H,(H,17,18)(H,20,21). The first-order valence-corrected chi connectivity index (χ1v) is 7.71. The van der Waals surface area contributed by atoms with Gasteiger partial charge in [0.1, 0.15) is 0 Å². The number of anilines is 2. The number of nitrogens with one attached hydrogen (secondary N) is 1. The van der Waals surface area contributed by atoms with E-state index in [4.69, 9.17) is 5.11 Å². The van der Waals surface area contributed by atoms with Crippen LogP contribution in [0.1, 0.15) is 10.4 Å². The Bertz CT molecular complexity index is 906. The second-order valence-corrected chi connectivity index (χ2v) is 5.71. The molecule has 2 aromatic carbocycles. The molecule has 0 radical (unpaired) electrons. The van der Waals surface area contributed by atoms with Crippen LogP contribution in [0.3, 0.4) is 0 Å². The van der Waals surface area contributed by atoms with Gasteiger partial charge in [-0.25, -0.2) is 9.78 Å². The molecule has 7 nitrogen and oxygen atoms in total. The van der Waals surface area contributed by atoms with Gasteiger partial charge in [-0.3, -0.25) is 10.1 Å². The largest absolute Gasteiger partial charge is 0.478 e. The zero-order chi connectivity index (χ0) is 17.1. The van der Waals surface area contributed by atoms with Gasteiger partial charge in [0.25, 0.3) is 5.69 Å². The maximum absolute atomic E-state index is 10.8. The fourth-order valence-electron chi connectivity index (χ4n) is 2.06. The van der Waals surface area contributed by atoms with Gasteiger partial charge in [0.15, 0.2) is 5.13 Å². The van der Waals surface area contributed by atoms with Gasteiger partial charge in [-0.1, -0.05) is 12.1 Å². The molecule has 24 heavy (non-hydrogen) atoms. The topological polar surface area (TPSA) is 105 Å². The maximum Gasteiger partial charge on any atom is 0.335 e. The highest BCUT2D eigenvalue weighted by molar-refractivity contribution is 7.14. The van der Waals surface area contributed by atoms with E-state index in [-0.39, 0.29) is 11.3 Å². The number of carboxylic acids is 1. The molecule has 3 rings (SSSR count). The highest BCUT2D eigenvalue weighted by Gasteiger charge is 2.10. The van der Waals surface area contributed by atoms with Crippen LogP contribution in [0.25, 0.3) is 11.3 Å². The summed E-state index contributed by atoms with van der Waals surface area (Å²) in [6.07, 6.45) is 0. The molecule has 0 amide bonds. The van der Waals surface area contributed by atoms with Gasteiger partial charge in [0.05, 0.1) is 16.2 Å². The number of nitrogens with zero attached hydrogens (tertiary/aromatic N) is 2. The second-order valence-electron chi connectivity index (χ2n) is 4.85. The first-order chi connectivity index (χ1) is 11.5. The van der Waals surface area contributed by atoms with Crippen molar-refractivity contribution in [1.82, 2.24) is 4.98 Å². The van der Waals surface area contributed by atoms with Crippen molar-refractivity contribution in [2.75, 3.05) is 5.32 Å². The number of aromatic nitrogens is 1. The normalized spacial score (nSPS) is 10.3. The number of benzene rings is 2. The van der Waals surface area contributed by atoms with Crippen molar-refractivity contribution in [3.8, 4) is 11.3 Å². The minimum atomic E-state index is -0.983. The molecule has 0 unspecified atom stereocenters. The van der Waals surface area contributed by atoms with Crippen LogP contribution >= 0.6 is 11.3 Å². The molecule has 0 spiro atoms. The number of hydrogen-bond acceptors (Lipinski definition) is 6. The number of non-ortho nitro benzene ring substituents is 1. The summed E-state index contributed by atoms with van der Waals surface area (Å²) in [7, 11) is 0. The number of nitro benzene ring substituents is 1. The lowest BCUT2D eigenvalue weighted by molar-refractivity contribution is -0.384. The lowest BCUT2D eigenvalue weighted by atomic mass is 10.1. The quantitative estimate of drug-likeness (QED) is 0.533. The Morgan fingerprint density at radius 3 is 2.62 bits per heavy atom. The minimum Gasteiger partial charge on any atom is -0.478 e. The Morgan fingerprint density at radius 2 is 1.96 bits per heavy atom. The smallest absolute Gasteiger partial charge is 0.335 e. The zero-order valence-corrected chi connectivity index (χ0v) is 13.0. The van der Waals surface area contributed by atoms with Crippen LogP contribution in [-0.4, -0.2) is 21.0 Å². The highest BCUT2D eigenvalue weighted by Crippen LogP contribution is 2.29. The molecule has 0 saturated carbocycles. The Morgan fingerprint density at radius 1 is 1.21 bits per heavy atom. The van der Waals surface area contributed by atoms with E-state index in [1.165, 1.54) is 35.6 Å². The third-order valence-corrected chi connectivity index (χ3v) is 4.00. The molecule has 0 atom stereocenters. The molecule has 0 bridgehead atoms. The molecule has 1 aromatic heterocycles. The number of nitro groups is 1. The van der Waals surface area contributed by atoms with Crippen molar-refractivity contribution in [2.45, 2.75) is 0 Å². The van der Waals surface area contributed by atoms with E-state index < -0.39 is 10.9 Å². The summed E-state index contributed by atoms with van der Waals surface area (Å²) in [6.45, 7) is 0. The van der Waals surface area contributed by atoms with Crippen LogP contribution in [0, 0.1) is 10.1 Å². The van der Waals surface area contributed by atoms with Crippen LogP contribution in [0.2, 0.25) is 0 Å². The summed E-state index contributed by atoms with van der Waals surface area (Å²) in [4.78, 5) is 25.6. The van der Waals surface area contributed by atoms with Crippen molar-refractivity contribution >= 4 is 33.8 Å². The van der Waals surface area contributed by atoms with Crippen molar-refractivity contribution < 1.29 is 14.8 Å². The number of carbonyl (C=O) groups is 1. The Labute approximate surface area is 140 Å². The third kappa shape index (κ3) is 3.39. The van der Waals surface area contributed by atoms with E-state index in [1.54, 1.807) is 29.6 Å². The molecule has 0 aliphatic heterocycles. The van der Waals surface area contributed by atoms with Gasteiger partial charge in [0, 0.05) is 28.8 Å². The van der Waals surface area contributed by atoms with Gasteiger partial charge in [-0.05, 0) is 24.3 Å². The Hall–Kier alpha value is -3.26. The Kier molecular flexibility index (Phi) is 4.21. The number of thiazole rings is 1. The fourth-order valence-corrected chi connectivity index (χ4v) is 2.80. The molecule has 1 heterocycles. The molecule has 8 heteroatoms. The van der Waals surface area contributed by atoms with Crippen molar-refractivity contribution in [3.63, 3.8) is 0 Å². The average molecular weight is 341 g/mol. The molecule has 0 saturated heterocycles. The van der Waals surface area contributed by atoms with Crippen molar-refractivity contribution in [2.24, 2.45) is 0 Å². The first kappa shape index (κ1) is 15.6. The maximum atomic E-state index is 10.8. The lowest BCUT2D eigenvalue weighted by Gasteiger charge is -2.02. The van der Waals surface area contributed by atoms with E-state index in [1.807, 2.05) is 0 Å². The van der Waals surface area contributed by atoms with Gasteiger partial charge in [-0.15, -0.1) is 11.3 Å². The molecule has 0 aliphatic carbocycles. The summed E-state index contributed by atoms with van der Waals surface area (Å²) in [5.74, 6) is -0.983. The third-order valence-electron chi connectivity index (χ3n) is 3.24. The van der Waals surface area contributed by atoms with E-state index in [2.05, 4.69) is 10.3 Å². The van der Waals surface area contributed by atoms with Crippen LogP contribution in [0.5, 0.6) is 0 Å². The second kappa shape index (κ2) is 6.47. The van der Waals surface area contributed by atoms with Crippen LogP contribution in [-0.2, 0) is 0 Å². The number of rotatable bonds is 5. The van der Waals surface area contributed by atoms with Gasteiger partial charge < -0.3 is 10.4 Å². The van der Waals surface area contributed by atoms with E-state index in [9.17, 15) is 14.9 Å². The van der Waals surface area contributed by atoms with Crippen LogP contribution < -0.4 is 5.32 Å². The zero-order valence-electron chi connectivity index (χ0n) is 12.2. The molecule has 120 valence electrons. The summed E-state index contributed by atoms with van der Waals surface area (Å²) in [5.41, 5.74) is 2.22. The molecule has 0 aliphatic rings. The number of aromatic carboxylic acids is 1. The van der Waals surface area contributed by atoms with Gasteiger partial charge in [0.2, 0.25) is 0 Å². The highest BCUT2D eigenvalue weighted by atomic mass is 32.1. The predicted molar refractivity (Wildman–Crippen MR) is 90.9 cm³/mol. The van der Waals surface area contributed by atoms with E-state index >= 15 is 0 Å². The SMILES string of the molecule is O=C(O)c1ccc(Nc2nc(-c3cccc([N+](=O)[O-])c3)cs2)cc1. The molecular weight excluding hydrogens is 330 g/mol. The Balaban J connectivity index is 1.79. The lowest BCUT2D eigenvalue weighted by Crippen LogP contribution is -1.96.